The zero-order valence-electron chi connectivity index (χ0n) is 13.3. The zero-order chi connectivity index (χ0) is 16.2. The Kier molecular flexibility index (Phi) is 5.71. The maximum Gasteiger partial charge on any atom is 0.323 e. The summed E-state index contributed by atoms with van der Waals surface area (Å²) in [7, 11) is 0. The van der Waals surface area contributed by atoms with Crippen LogP contribution in [0.3, 0.4) is 0 Å². The Bertz CT molecular complexity index is 414. The number of likely N-dealkylation sites (N-methyl/N-ethyl adjacent to an activating group) is 1. The van der Waals surface area contributed by atoms with Gasteiger partial charge in [-0.25, -0.2) is 0 Å². The first-order valence-electron chi connectivity index (χ1n) is 7.21. The minimum Gasteiger partial charge on any atom is -0.480 e. The van der Waals surface area contributed by atoms with Gasteiger partial charge in [0.2, 0.25) is 11.8 Å². The van der Waals surface area contributed by atoms with Crippen LogP contribution < -0.4 is 0 Å². The molecule has 1 aliphatic rings. The third kappa shape index (κ3) is 4.17. The number of rotatable bonds is 5. The van der Waals surface area contributed by atoms with E-state index in [0.717, 1.165) is 0 Å². The molecule has 1 fully saturated rings. The second-order valence-electron chi connectivity index (χ2n) is 5.77. The highest BCUT2D eigenvalue weighted by atomic mass is 16.4. The molecule has 0 spiro atoms. The van der Waals surface area contributed by atoms with Gasteiger partial charge in [0.25, 0.3) is 0 Å². The second-order valence-corrected chi connectivity index (χ2v) is 5.77. The minimum atomic E-state index is -1.08. The number of hydrogen-bond donors (Lipinski definition) is 1. The Labute approximate surface area is 125 Å². The first kappa shape index (κ1) is 17.4. The van der Waals surface area contributed by atoms with Crippen molar-refractivity contribution in [2.45, 2.75) is 33.2 Å². The smallest absolute Gasteiger partial charge is 0.323 e. The Morgan fingerprint density at radius 1 is 1.10 bits per heavy atom. The van der Waals surface area contributed by atoms with Crippen LogP contribution in [0.15, 0.2) is 0 Å². The van der Waals surface area contributed by atoms with Crippen LogP contribution in [0, 0.1) is 0 Å². The van der Waals surface area contributed by atoms with Gasteiger partial charge in [-0.3, -0.25) is 19.3 Å². The number of amides is 2. The van der Waals surface area contributed by atoms with E-state index in [1.54, 1.807) is 28.5 Å². The van der Waals surface area contributed by atoms with Crippen LogP contribution in [0.4, 0.5) is 0 Å². The quantitative estimate of drug-likeness (QED) is 0.764. The molecular formula is C14H25N3O4. The number of carboxylic acid groups (broad SMARTS) is 1. The maximum absolute atomic E-state index is 12.3. The van der Waals surface area contributed by atoms with E-state index < -0.39 is 11.5 Å². The number of carboxylic acids is 1. The summed E-state index contributed by atoms with van der Waals surface area (Å²) in [5.41, 5.74) is -1.08. The van der Waals surface area contributed by atoms with E-state index in [1.807, 2.05) is 6.92 Å². The SMILES string of the molecule is CCN(CC(=O)N1CCN(C(C)=O)CC1)C(C)(C)C(=O)O. The van der Waals surface area contributed by atoms with Crippen molar-refractivity contribution in [1.82, 2.24) is 14.7 Å². The lowest BCUT2D eigenvalue weighted by atomic mass is 10.0. The molecule has 0 atom stereocenters. The highest BCUT2D eigenvalue weighted by Gasteiger charge is 2.35. The van der Waals surface area contributed by atoms with Crippen LogP contribution in [-0.2, 0) is 14.4 Å². The summed E-state index contributed by atoms with van der Waals surface area (Å²) < 4.78 is 0. The standard InChI is InChI=1S/C14H25N3O4/c1-5-17(14(3,4)13(20)21)10-12(19)16-8-6-15(7-9-16)11(2)18/h5-10H2,1-4H3,(H,20,21). The highest BCUT2D eigenvalue weighted by Crippen LogP contribution is 2.15. The van der Waals surface area contributed by atoms with Gasteiger partial charge in [0, 0.05) is 33.1 Å². The van der Waals surface area contributed by atoms with E-state index in [1.165, 1.54) is 6.92 Å². The molecular weight excluding hydrogens is 274 g/mol. The average Bonchev–Trinajstić information content (AvgIpc) is 2.44. The fourth-order valence-electron chi connectivity index (χ4n) is 2.37. The number of carbonyl (C=O) groups excluding carboxylic acids is 2. The van der Waals surface area contributed by atoms with Gasteiger partial charge < -0.3 is 14.9 Å². The largest absolute Gasteiger partial charge is 0.480 e. The molecule has 7 heteroatoms. The Balaban J connectivity index is 2.60. The Morgan fingerprint density at radius 3 is 1.95 bits per heavy atom. The van der Waals surface area contributed by atoms with Crippen molar-refractivity contribution < 1.29 is 19.5 Å². The number of carbonyl (C=O) groups is 3. The summed E-state index contributed by atoms with van der Waals surface area (Å²) >= 11 is 0. The van der Waals surface area contributed by atoms with E-state index in [-0.39, 0.29) is 18.4 Å². The lowest BCUT2D eigenvalue weighted by Crippen LogP contribution is -2.56. The van der Waals surface area contributed by atoms with Crippen LogP contribution in [0.1, 0.15) is 27.7 Å². The first-order chi connectivity index (χ1) is 9.70. The van der Waals surface area contributed by atoms with Crippen molar-refractivity contribution in [3.63, 3.8) is 0 Å². The molecule has 0 saturated carbocycles. The van der Waals surface area contributed by atoms with Gasteiger partial charge in [-0.15, -0.1) is 0 Å². The predicted octanol–water partition coefficient (Wildman–Crippen LogP) is -0.138. The molecule has 0 radical (unpaired) electrons. The molecule has 1 aliphatic heterocycles. The van der Waals surface area contributed by atoms with Gasteiger partial charge in [-0.05, 0) is 20.4 Å². The third-order valence-corrected chi connectivity index (χ3v) is 4.10. The molecule has 0 aromatic rings. The molecule has 1 saturated heterocycles. The summed E-state index contributed by atoms with van der Waals surface area (Å²) in [5.74, 6) is -1.02. The van der Waals surface area contributed by atoms with Crippen molar-refractivity contribution in [3.8, 4) is 0 Å². The van der Waals surface area contributed by atoms with E-state index in [2.05, 4.69) is 0 Å². The Morgan fingerprint density at radius 2 is 1.57 bits per heavy atom. The zero-order valence-corrected chi connectivity index (χ0v) is 13.3. The number of nitrogens with zero attached hydrogens (tertiary/aromatic N) is 3. The number of piperazine rings is 1. The van der Waals surface area contributed by atoms with Crippen molar-refractivity contribution in [1.29, 1.82) is 0 Å². The van der Waals surface area contributed by atoms with E-state index >= 15 is 0 Å². The molecule has 2 amide bonds. The van der Waals surface area contributed by atoms with Crippen molar-refractivity contribution >= 4 is 17.8 Å². The van der Waals surface area contributed by atoms with Gasteiger partial charge in [0.15, 0.2) is 0 Å². The second kappa shape index (κ2) is 6.89. The molecule has 1 N–H and O–H groups in total. The summed E-state index contributed by atoms with van der Waals surface area (Å²) in [6, 6.07) is 0. The minimum absolute atomic E-state index is 0.0179. The van der Waals surface area contributed by atoms with Gasteiger partial charge >= 0.3 is 5.97 Å². The molecule has 7 nitrogen and oxygen atoms in total. The lowest BCUT2D eigenvalue weighted by molar-refractivity contribution is -0.151. The Hall–Kier alpha value is -1.63. The summed E-state index contributed by atoms with van der Waals surface area (Å²) in [5, 5.41) is 9.25. The summed E-state index contributed by atoms with van der Waals surface area (Å²) in [4.78, 5) is 39.9. The predicted molar refractivity (Wildman–Crippen MR) is 77.8 cm³/mol. The van der Waals surface area contributed by atoms with Crippen molar-refractivity contribution in [3.05, 3.63) is 0 Å². The fourth-order valence-corrected chi connectivity index (χ4v) is 2.37. The summed E-state index contributed by atoms with van der Waals surface area (Å²) in [6.45, 7) is 9.20. The molecule has 0 bridgehead atoms. The first-order valence-corrected chi connectivity index (χ1v) is 7.21. The monoisotopic (exact) mass is 299 g/mol. The molecule has 0 aromatic heterocycles. The van der Waals surface area contributed by atoms with Crippen LogP contribution in [0.5, 0.6) is 0 Å². The molecule has 0 unspecified atom stereocenters. The maximum atomic E-state index is 12.3. The highest BCUT2D eigenvalue weighted by molar-refractivity contribution is 5.82. The fraction of sp³-hybridized carbons (Fsp3) is 0.786. The van der Waals surface area contributed by atoms with Crippen molar-refractivity contribution in [2.75, 3.05) is 39.3 Å². The van der Waals surface area contributed by atoms with Gasteiger partial charge in [0.05, 0.1) is 6.54 Å². The number of hydrogen-bond acceptors (Lipinski definition) is 4. The molecule has 0 aromatic carbocycles. The summed E-state index contributed by atoms with van der Waals surface area (Å²) in [6.07, 6.45) is 0. The van der Waals surface area contributed by atoms with Crippen LogP contribution in [0.25, 0.3) is 0 Å². The number of aliphatic carboxylic acids is 1. The van der Waals surface area contributed by atoms with E-state index in [9.17, 15) is 19.5 Å². The molecule has 1 heterocycles. The van der Waals surface area contributed by atoms with E-state index in [0.29, 0.717) is 32.7 Å². The lowest BCUT2D eigenvalue weighted by Gasteiger charge is -2.38. The van der Waals surface area contributed by atoms with Crippen LogP contribution >= 0.6 is 0 Å². The van der Waals surface area contributed by atoms with Gasteiger partial charge in [0.1, 0.15) is 5.54 Å². The topological polar surface area (TPSA) is 81.2 Å². The van der Waals surface area contributed by atoms with Crippen LogP contribution in [-0.4, -0.2) is 82.4 Å². The van der Waals surface area contributed by atoms with E-state index in [4.69, 9.17) is 0 Å². The molecule has 0 aliphatic carbocycles. The van der Waals surface area contributed by atoms with Crippen molar-refractivity contribution in [2.24, 2.45) is 0 Å². The third-order valence-electron chi connectivity index (χ3n) is 4.10. The van der Waals surface area contributed by atoms with Crippen LogP contribution in [0.2, 0.25) is 0 Å². The molecule has 1 rings (SSSR count). The average molecular weight is 299 g/mol. The molecule has 21 heavy (non-hydrogen) atoms. The normalized spacial score (nSPS) is 16.2. The molecule has 120 valence electrons. The van der Waals surface area contributed by atoms with Gasteiger partial charge in [-0.1, -0.05) is 6.92 Å². The van der Waals surface area contributed by atoms with Gasteiger partial charge in [-0.2, -0.15) is 0 Å².